The molecule has 0 aliphatic carbocycles. The van der Waals surface area contributed by atoms with Gasteiger partial charge in [-0.25, -0.2) is 15.0 Å². The fourth-order valence-corrected chi connectivity index (χ4v) is 1.70. The van der Waals surface area contributed by atoms with E-state index in [1.807, 2.05) is 7.05 Å². The van der Waals surface area contributed by atoms with Crippen LogP contribution in [-0.2, 0) is 20.0 Å². The molecule has 96 valence electrons. The predicted octanol–water partition coefficient (Wildman–Crippen LogP) is 0.752. The Bertz CT molecular complexity index is 520. The van der Waals surface area contributed by atoms with Crippen LogP contribution in [0.25, 0.3) is 0 Å². The van der Waals surface area contributed by atoms with Crippen molar-refractivity contribution in [2.24, 2.45) is 7.05 Å². The molecule has 0 saturated heterocycles. The highest BCUT2D eigenvalue weighted by atomic mass is 15.3. The highest BCUT2D eigenvalue weighted by Gasteiger charge is 2.08. The van der Waals surface area contributed by atoms with Crippen LogP contribution in [0, 0.1) is 0 Å². The maximum Gasteiger partial charge on any atom is 0.169 e. The van der Waals surface area contributed by atoms with Crippen molar-refractivity contribution in [3.8, 4) is 0 Å². The van der Waals surface area contributed by atoms with Gasteiger partial charge in [0.05, 0.1) is 6.54 Å². The van der Waals surface area contributed by atoms with Crippen LogP contribution in [0.1, 0.15) is 24.7 Å². The van der Waals surface area contributed by atoms with Gasteiger partial charge in [-0.15, -0.1) is 0 Å². The normalized spacial score (nSPS) is 10.6. The van der Waals surface area contributed by atoms with E-state index in [0.717, 1.165) is 30.0 Å². The molecule has 2 aromatic heterocycles. The van der Waals surface area contributed by atoms with E-state index in [1.165, 1.54) is 6.33 Å². The van der Waals surface area contributed by atoms with E-state index in [1.54, 1.807) is 11.0 Å². The lowest BCUT2D eigenvalue weighted by Crippen LogP contribution is -2.09. The van der Waals surface area contributed by atoms with Crippen LogP contribution >= 0.6 is 0 Å². The average Bonchev–Trinajstić information content (AvgIpc) is 2.76. The van der Waals surface area contributed by atoms with E-state index >= 15 is 0 Å². The Morgan fingerprint density at radius 3 is 2.83 bits per heavy atom. The number of rotatable bonds is 5. The summed E-state index contributed by atoms with van der Waals surface area (Å²) in [6.45, 7) is 2.62. The number of nitrogens with two attached hydrogens (primary N) is 1. The lowest BCUT2D eigenvalue weighted by atomic mass is 10.1. The molecule has 0 amide bonds. The van der Waals surface area contributed by atoms with Crippen LogP contribution in [0.15, 0.2) is 12.7 Å². The number of nitrogen functional groups attached to an aromatic ring is 1. The van der Waals surface area contributed by atoms with Gasteiger partial charge in [0.15, 0.2) is 5.82 Å². The van der Waals surface area contributed by atoms with Gasteiger partial charge in [0, 0.05) is 12.6 Å². The minimum atomic E-state index is 0.522. The fourth-order valence-electron chi connectivity index (χ4n) is 1.70. The topological polar surface area (TPSA) is 94.5 Å². The predicted molar refractivity (Wildman–Crippen MR) is 68.8 cm³/mol. The van der Waals surface area contributed by atoms with Crippen LogP contribution in [0.5, 0.6) is 0 Å². The van der Waals surface area contributed by atoms with E-state index < -0.39 is 0 Å². The third kappa shape index (κ3) is 2.73. The van der Waals surface area contributed by atoms with Crippen LogP contribution in [-0.4, -0.2) is 24.7 Å². The van der Waals surface area contributed by atoms with E-state index in [9.17, 15) is 0 Å². The zero-order valence-electron chi connectivity index (χ0n) is 10.6. The zero-order valence-corrected chi connectivity index (χ0v) is 10.6. The summed E-state index contributed by atoms with van der Waals surface area (Å²) in [5.41, 5.74) is 6.81. The molecule has 7 nitrogen and oxygen atoms in total. The van der Waals surface area contributed by atoms with Gasteiger partial charge >= 0.3 is 0 Å². The molecule has 3 N–H and O–H groups in total. The molecule has 0 unspecified atom stereocenters. The summed E-state index contributed by atoms with van der Waals surface area (Å²) in [5, 5.41) is 7.39. The first-order valence-corrected chi connectivity index (χ1v) is 5.88. The Labute approximate surface area is 105 Å². The van der Waals surface area contributed by atoms with E-state index in [-0.39, 0.29) is 0 Å². The van der Waals surface area contributed by atoms with Crippen molar-refractivity contribution >= 4 is 11.6 Å². The molecule has 0 aliphatic heterocycles. The van der Waals surface area contributed by atoms with Crippen molar-refractivity contribution in [1.82, 2.24) is 24.7 Å². The lowest BCUT2D eigenvalue weighted by molar-refractivity contribution is 0.746. The molecule has 18 heavy (non-hydrogen) atoms. The molecular weight excluding hydrogens is 230 g/mol. The maximum atomic E-state index is 5.85. The fraction of sp³-hybridized carbons (Fsp3) is 0.455. The molecule has 2 heterocycles. The molecule has 0 fully saturated rings. The molecule has 0 saturated carbocycles. The monoisotopic (exact) mass is 247 g/mol. The molecule has 7 heteroatoms. The maximum absolute atomic E-state index is 5.85. The smallest absolute Gasteiger partial charge is 0.169 e. The Balaban J connectivity index is 2.11. The third-order valence-corrected chi connectivity index (χ3v) is 2.54. The van der Waals surface area contributed by atoms with Gasteiger partial charge in [-0.05, 0) is 6.42 Å². The lowest BCUT2D eigenvalue weighted by Gasteiger charge is -2.10. The van der Waals surface area contributed by atoms with E-state index in [0.29, 0.717) is 12.4 Å². The zero-order chi connectivity index (χ0) is 13.0. The summed E-state index contributed by atoms with van der Waals surface area (Å²) in [4.78, 5) is 12.4. The molecule has 2 rings (SSSR count). The molecule has 2 aromatic rings. The third-order valence-electron chi connectivity index (χ3n) is 2.54. The Hall–Kier alpha value is -2.18. The number of anilines is 2. The largest absolute Gasteiger partial charge is 0.383 e. The van der Waals surface area contributed by atoms with Gasteiger partial charge in [-0.3, -0.25) is 4.68 Å². The highest BCUT2D eigenvalue weighted by molar-refractivity contribution is 5.54. The quantitative estimate of drug-likeness (QED) is 0.809. The van der Waals surface area contributed by atoms with Crippen molar-refractivity contribution < 1.29 is 0 Å². The van der Waals surface area contributed by atoms with Crippen LogP contribution in [0.2, 0.25) is 0 Å². The standard InChI is InChI=1S/C11H17N7/c1-3-4-8-10(12)14-6-15-11(8)13-5-9-16-7-18(2)17-9/h6-7H,3-5H2,1-2H3,(H3,12,13,14,15). The molecule has 0 bridgehead atoms. The molecule has 0 aliphatic rings. The SMILES string of the molecule is CCCc1c(N)ncnc1NCc1ncn(C)n1. The van der Waals surface area contributed by atoms with Gasteiger partial charge in [-0.1, -0.05) is 13.3 Å². The van der Waals surface area contributed by atoms with Crippen LogP contribution < -0.4 is 11.1 Å². The van der Waals surface area contributed by atoms with Crippen molar-refractivity contribution in [3.05, 3.63) is 24.0 Å². The minimum absolute atomic E-state index is 0.522. The number of hydrogen-bond donors (Lipinski definition) is 2. The van der Waals surface area contributed by atoms with Gasteiger partial charge in [0.1, 0.15) is 24.3 Å². The van der Waals surface area contributed by atoms with Crippen LogP contribution in [0.3, 0.4) is 0 Å². The summed E-state index contributed by atoms with van der Waals surface area (Å²) in [6, 6.07) is 0. The van der Waals surface area contributed by atoms with Gasteiger partial charge < -0.3 is 11.1 Å². The first-order valence-electron chi connectivity index (χ1n) is 5.88. The summed E-state index contributed by atoms with van der Waals surface area (Å²) in [5.74, 6) is 2.01. The second-order valence-corrected chi connectivity index (χ2v) is 4.02. The van der Waals surface area contributed by atoms with E-state index in [2.05, 4.69) is 32.3 Å². The molecule has 0 aromatic carbocycles. The minimum Gasteiger partial charge on any atom is -0.383 e. The first-order chi connectivity index (χ1) is 8.70. The highest BCUT2D eigenvalue weighted by Crippen LogP contribution is 2.19. The summed E-state index contributed by atoms with van der Waals surface area (Å²) >= 11 is 0. The molecule has 0 atom stereocenters. The Kier molecular flexibility index (Phi) is 3.71. The number of hydrogen-bond acceptors (Lipinski definition) is 6. The van der Waals surface area contributed by atoms with Crippen molar-refractivity contribution in [3.63, 3.8) is 0 Å². The average molecular weight is 247 g/mol. The summed E-state index contributed by atoms with van der Waals surface area (Å²) in [6.07, 6.45) is 4.97. The molecule has 0 radical (unpaired) electrons. The summed E-state index contributed by atoms with van der Waals surface area (Å²) < 4.78 is 1.66. The number of aromatic nitrogens is 5. The second-order valence-electron chi connectivity index (χ2n) is 4.02. The Morgan fingerprint density at radius 1 is 1.33 bits per heavy atom. The van der Waals surface area contributed by atoms with Crippen molar-refractivity contribution in [1.29, 1.82) is 0 Å². The van der Waals surface area contributed by atoms with Crippen LogP contribution in [0.4, 0.5) is 11.6 Å². The number of nitrogens with one attached hydrogen (secondary N) is 1. The van der Waals surface area contributed by atoms with Crippen molar-refractivity contribution in [2.75, 3.05) is 11.1 Å². The van der Waals surface area contributed by atoms with Gasteiger partial charge in [-0.2, -0.15) is 5.10 Å². The molecule has 0 spiro atoms. The van der Waals surface area contributed by atoms with E-state index in [4.69, 9.17) is 5.73 Å². The van der Waals surface area contributed by atoms with Crippen molar-refractivity contribution in [2.45, 2.75) is 26.3 Å². The van der Waals surface area contributed by atoms with Gasteiger partial charge in [0.25, 0.3) is 0 Å². The second kappa shape index (κ2) is 5.44. The Morgan fingerprint density at radius 2 is 2.17 bits per heavy atom. The molecular formula is C11H17N7. The number of nitrogens with zero attached hydrogens (tertiary/aromatic N) is 5. The number of aryl methyl sites for hydroxylation is 1. The first kappa shape index (κ1) is 12.3. The summed E-state index contributed by atoms with van der Waals surface area (Å²) in [7, 11) is 1.84. The van der Waals surface area contributed by atoms with Gasteiger partial charge in [0.2, 0.25) is 0 Å².